The zero-order valence-electron chi connectivity index (χ0n) is 17.1. The summed E-state index contributed by atoms with van der Waals surface area (Å²) in [5.74, 6) is 1.16. The number of carbonyl (C=O) groups is 2. The fraction of sp³-hybridized carbons (Fsp3) is 0.913. The van der Waals surface area contributed by atoms with Crippen LogP contribution < -0.4 is 0 Å². The van der Waals surface area contributed by atoms with E-state index in [0.717, 1.165) is 31.6 Å². The number of carboxylic acid groups (broad SMARTS) is 1. The van der Waals surface area contributed by atoms with E-state index in [1.54, 1.807) is 0 Å². The first-order valence-corrected chi connectivity index (χ1v) is 11.3. The second-order valence-electron chi connectivity index (χ2n) is 9.05. The summed E-state index contributed by atoms with van der Waals surface area (Å²) in [5, 5.41) is 9.77. The maximum absolute atomic E-state index is 12.9. The largest absolute Gasteiger partial charge is 0.480 e. The average molecular weight is 365 g/mol. The first-order chi connectivity index (χ1) is 12.5. The molecule has 0 spiro atoms. The van der Waals surface area contributed by atoms with Gasteiger partial charge in [0, 0.05) is 6.42 Å². The van der Waals surface area contributed by atoms with Crippen molar-refractivity contribution in [2.75, 3.05) is 0 Å². The van der Waals surface area contributed by atoms with Crippen LogP contribution >= 0.6 is 0 Å². The van der Waals surface area contributed by atoms with Gasteiger partial charge in [0.1, 0.15) is 11.2 Å². The van der Waals surface area contributed by atoms with Gasteiger partial charge in [0.25, 0.3) is 0 Å². The number of carbonyl (C=O) groups excluding carboxylic acids is 1. The maximum Gasteiger partial charge on any atom is 0.317 e. The van der Waals surface area contributed by atoms with E-state index in [2.05, 4.69) is 13.8 Å². The summed E-state index contributed by atoms with van der Waals surface area (Å²) in [6.07, 6.45) is 16.1. The Hall–Kier alpha value is -0.860. The van der Waals surface area contributed by atoms with Gasteiger partial charge in [-0.2, -0.15) is 0 Å². The third kappa shape index (κ3) is 5.33. The molecule has 2 rings (SSSR count). The Kier molecular flexibility index (Phi) is 8.63. The van der Waals surface area contributed by atoms with Crippen molar-refractivity contribution in [3.05, 3.63) is 0 Å². The van der Waals surface area contributed by atoms with Crippen LogP contribution in [0.3, 0.4) is 0 Å². The molecule has 2 unspecified atom stereocenters. The van der Waals surface area contributed by atoms with Crippen molar-refractivity contribution in [3.63, 3.8) is 0 Å². The molecule has 0 saturated heterocycles. The number of carboxylic acids is 1. The third-order valence-corrected chi connectivity index (χ3v) is 7.31. The Bertz CT molecular complexity index is 450. The number of unbranched alkanes of at least 4 members (excludes halogenated alkanes) is 4. The van der Waals surface area contributed by atoms with Gasteiger partial charge in [-0.3, -0.25) is 9.59 Å². The molecule has 0 aromatic rings. The van der Waals surface area contributed by atoms with Crippen molar-refractivity contribution in [2.24, 2.45) is 23.2 Å². The van der Waals surface area contributed by atoms with Gasteiger partial charge in [-0.05, 0) is 49.9 Å². The van der Waals surface area contributed by atoms with E-state index >= 15 is 0 Å². The molecule has 3 heteroatoms. The Labute approximate surface area is 160 Å². The standard InChI is InChI=1S/C23H40O3/c1-3-5-7-9-18-10-12-19(13-11-18)20-14-16-23(22(25)26,21(24)17-20)15-8-6-4-2/h18-20H,3-17H2,1-2H3,(H,25,26). The van der Waals surface area contributed by atoms with Crippen LogP contribution in [0.2, 0.25) is 0 Å². The molecule has 26 heavy (non-hydrogen) atoms. The molecule has 0 bridgehead atoms. The summed E-state index contributed by atoms with van der Waals surface area (Å²) >= 11 is 0. The number of hydrogen-bond acceptors (Lipinski definition) is 2. The summed E-state index contributed by atoms with van der Waals surface area (Å²) in [7, 11) is 0. The zero-order valence-corrected chi connectivity index (χ0v) is 17.1. The lowest BCUT2D eigenvalue weighted by atomic mass is 9.62. The Morgan fingerprint density at radius 2 is 1.62 bits per heavy atom. The van der Waals surface area contributed by atoms with Crippen LogP contribution in [0.5, 0.6) is 0 Å². The van der Waals surface area contributed by atoms with Gasteiger partial charge < -0.3 is 5.11 Å². The second kappa shape index (κ2) is 10.5. The molecule has 2 saturated carbocycles. The van der Waals surface area contributed by atoms with E-state index in [4.69, 9.17) is 0 Å². The monoisotopic (exact) mass is 364 g/mol. The highest BCUT2D eigenvalue weighted by Crippen LogP contribution is 2.46. The van der Waals surface area contributed by atoms with Crippen molar-refractivity contribution >= 4 is 11.8 Å². The number of aliphatic carboxylic acids is 1. The zero-order chi connectivity index (χ0) is 19.0. The van der Waals surface area contributed by atoms with Crippen LogP contribution in [0.1, 0.15) is 110 Å². The molecule has 0 aliphatic heterocycles. The summed E-state index contributed by atoms with van der Waals surface area (Å²) in [6.45, 7) is 4.38. The molecule has 0 radical (unpaired) electrons. The molecule has 2 aliphatic carbocycles. The topological polar surface area (TPSA) is 54.4 Å². The first kappa shape index (κ1) is 21.4. The fourth-order valence-electron chi connectivity index (χ4n) is 5.41. The van der Waals surface area contributed by atoms with Gasteiger partial charge in [0.05, 0.1) is 0 Å². The van der Waals surface area contributed by atoms with Gasteiger partial charge >= 0.3 is 5.97 Å². The van der Waals surface area contributed by atoms with E-state index < -0.39 is 11.4 Å². The molecule has 0 aromatic carbocycles. The van der Waals surface area contributed by atoms with Crippen LogP contribution in [0.4, 0.5) is 0 Å². The minimum Gasteiger partial charge on any atom is -0.480 e. The lowest BCUT2D eigenvalue weighted by molar-refractivity contribution is -0.159. The van der Waals surface area contributed by atoms with Gasteiger partial charge in [0.15, 0.2) is 0 Å². The normalized spacial score (nSPS) is 32.5. The summed E-state index contributed by atoms with van der Waals surface area (Å²) < 4.78 is 0. The minimum absolute atomic E-state index is 0.0300. The molecule has 2 atom stereocenters. The second-order valence-corrected chi connectivity index (χ2v) is 9.05. The predicted octanol–water partition coefficient (Wildman–Crippen LogP) is 6.39. The highest BCUT2D eigenvalue weighted by Gasteiger charge is 2.49. The number of ketones is 1. The summed E-state index contributed by atoms with van der Waals surface area (Å²) in [5.41, 5.74) is -1.07. The molecule has 150 valence electrons. The maximum atomic E-state index is 12.9. The molecule has 0 aromatic heterocycles. The molecular formula is C23H40O3. The molecule has 0 amide bonds. The first-order valence-electron chi connectivity index (χ1n) is 11.3. The fourth-order valence-corrected chi connectivity index (χ4v) is 5.41. The van der Waals surface area contributed by atoms with Crippen LogP contribution in [0.25, 0.3) is 0 Å². The van der Waals surface area contributed by atoms with E-state index in [0.29, 0.717) is 31.1 Å². The molecule has 0 heterocycles. The van der Waals surface area contributed by atoms with E-state index in [1.165, 1.54) is 51.4 Å². The molecule has 1 N–H and O–H groups in total. The third-order valence-electron chi connectivity index (χ3n) is 7.31. The van der Waals surface area contributed by atoms with E-state index in [1.807, 2.05) is 0 Å². The van der Waals surface area contributed by atoms with E-state index in [-0.39, 0.29) is 5.78 Å². The van der Waals surface area contributed by atoms with Crippen LogP contribution in [0, 0.1) is 23.2 Å². The smallest absolute Gasteiger partial charge is 0.317 e. The van der Waals surface area contributed by atoms with Crippen LogP contribution in [-0.4, -0.2) is 16.9 Å². The molecule has 3 nitrogen and oxygen atoms in total. The number of rotatable bonds is 10. The van der Waals surface area contributed by atoms with Crippen molar-refractivity contribution in [1.29, 1.82) is 0 Å². The Morgan fingerprint density at radius 1 is 0.962 bits per heavy atom. The highest BCUT2D eigenvalue weighted by molar-refractivity contribution is 6.03. The van der Waals surface area contributed by atoms with Crippen molar-refractivity contribution < 1.29 is 14.7 Å². The molecule has 2 fully saturated rings. The van der Waals surface area contributed by atoms with E-state index in [9.17, 15) is 14.7 Å². The van der Waals surface area contributed by atoms with Crippen molar-refractivity contribution in [1.82, 2.24) is 0 Å². The van der Waals surface area contributed by atoms with Crippen LogP contribution in [0.15, 0.2) is 0 Å². The van der Waals surface area contributed by atoms with Gasteiger partial charge in [-0.1, -0.05) is 71.6 Å². The molecule has 2 aliphatic rings. The SMILES string of the molecule is CCCCCC1CCC(C2CCC(CCCCC)(C(=O)O)C(=O)C2)CC1. The molecular weight excluding hydrogens is 324 g/mol. The average Bonchev–Trinajstić information content (AvgIpc) is 2.64. The van der Waals surface area contributed by atoms with Gasteiger partial charge in [-0.25, -0.2) is 0 Å². The van der Waals surface area contributed by atoms with Gasteiger partial charge in [0.2, 0.25) is 0 Å². The lowest BCUT2D eigenvalue weighted by Crippen LogP contribution is -2.45. The quantitative estimate of drug-likeness (QED) is 0.361. The van der Waals surface area contributed by atoms with Crippen LogP contribution in [-0.2, 0) is 9.59 Å². The Balaban J connectivity index is 1.84. The lowest BCUT2D eigenvalue weighted by Gasteiger charge is -2.40. The van der Waals surface area contributed by atoms with Crippen molar-refractivity contribution in [2.45, 2.75) is 110 Å². The number of Topliss-reactive ketones (excluding diaryl/α,β-unsaturated/α-hetero) is 1. The van der Waals surface area contributed by atoms with Crippen molar-refractivity contribution in [3.8, 4) is 0 Å². The summed E-state index contributed by atoms with van der Waals surface area (Å²) in [4.78, 5) is 24.8. The summed E-state index contributed by atoms with van der Waals surface area (Å²) in [6, 6.07) is 0. The highest BCUT2D eigenvalue weighted by atomic mass is 16.4. The number of hydrogen-bond donors (Lipinski definition) is 1. The predicted molar refractivity (Wildman–Crippen MR) is 106 cm³/mol. The minimum atomic E-state index is -1.07. The van der Waals surface area contributed by atoms with Gasteiger partial charge in [-0.15, -0.1) is 0 Å². The Morgan fingerprint density at radius 3 is 2.19 bits per heavy atom.